The van der Waals surface area contributed by atoms with E-state index in [-0.39, 0.29) is 5.91 Å². The molecule has 0 unspecified atom stereocenters. The predicted molar refractivity (Wildman–Crippen MR) is 100 cm³/mol. The highest BCUT2D eigenvalue weighted by Crippen LogP contribution is 2.28. The zero-order valence-corrected chi connectivity index (χ0v) is 14.4. The van der Waals surface area contributed by atoms with Gasteiger partial charge in [0.25, 0.3) is 0 Å². The monoisotopic (exact) mass is 353 g/mol. The lowest BCUT2D eigenvalue weighted by Crippen LogP contribution is -2.07. The molecule has 6 heteroatoms. The largest absolute Gasteiger partial charge is 0.297 e. The van der Waals surface area contributed by atoms with Crippen molar-refractivity contribution in [1.29, 1.82) is 0 Å². The molecule has 0 spiro atoms. The lowest BCUT2D eigenvalue weighted by Gasteiger charge is -1.97. The van der Waals surface area contributed by atoms with Gasteiger partial charge in [0.15, 0.2) is 4.34 Å². The van der Waals surface area contributed by atoms with E-state index in [1.807, 2.05) is 48.5 Å². The molecule has 0 atom stereocenters. The maximum absolute atomic E-state index is 11.9. The smallest absolute Gasteiger partial charge is 0.250 e. The summed E-state index contributed by atoms with van der Waals surface area (Å²) in [4.78, 5) is 11.9. The normalized spacial score (nSPS) is 10.8. The number of carbonyl (C=O) groups excluding carboxylic acids is 1. The molecule has 1 heterocycles. The SMILES string of the molecule is O=C(/C=C/c1ccccc1)Nc1nnc(SCc2ccccc2)s1. The molecule has 0 aliphatic rings. The molecule has 0 fully saturated rings. The third-order valence-corrected chi connectivity index (χ3v) is 5.11. The van der Waals surface area contributed by atoms with Crippen molar-refractivity contribution in [3.63, 3.8) is 0 Å². The van der Waals surface area contributed by atoms with E-state index in [2.05, 4.69) is 27.6 Å². The Morgan fingerprint density at radius 1 is 1.04 bits per heavy atom. The molecule has 0 aliphatic carbocycles. The van der Waals surface area contributed by atoms with Gasteiger partial charge in [-0.3, -0.25) is 10.1 Å². The van der Waals surface area contributed by atoms with Crippen molar-refractivity contribution in [3.05, 3.63) is 77.9 Å². The van der Waals surface area contributed by atoms with E-state index < -0.39 is 0 Å². The number of benzene rings is 2. The molecule has 0 bridgehead atoms. The second kappa shape index (κ2) is 8.42. The number of nitrogens with zero attached hydrogens (tertiary/aromatic N) is 2. The van der Waals surface area contributed by atoms with Gasteiger partial charge in [-0.1, -0.05) is 83.8 Å². The van der Waals surface area contributed by atoms with Crippen LogP contribution in [0.3, 0.4) is 0 Å². The minimum absolute atomic E-state index is 0.213. The summed E-state index contributed by atoms with van der Waals surface area (Å²) < 4.78 is 0.834. The molecule has 2 aromatic carbocycles. The fourth-order valence-corrected chi connectivity index (χ4v) is 3.63. The number of carbonyl (C=O) groups is 1. The molecule has 0 saturated carbocycles. The fourth-order valence-electron chi connectivity index (χ4n) is 1.92. The Kier molecular flexibility index (Phi) is 5.76. The summed E-state index contributed by atoms with van der Waals surface area (Å²) in [5, 5.41) is 11.3. The van der Waals surface area contributed by atoms with Gasteiger partial charge in [-0.2, -0.15) is 0 Å². The van der Waals surface area contributed by atoms with Crippen LogP contribution >= 0.6 is 23.1 Å². The first-order chi connectivity index (χ1) is 11.8. The highest BCUT2D eigenvalue weighted by molar-refractivity contribution is 8.00. The molecular formula is C18H15N3OS2. The molecule has 0 saturated heterocycles. The van der Waals surface area contributed by atoms with E-state index in [9.17, 15) is 4.79 Å². The summed E-state index contributed by atoms with van der Waals surface area (Å²) in [6.45, 7) is 0. The van der Waals surface area contributed by atoms with Crippen LogP contribution in [0.25, 0.3) is 6.08 Å². The lowest BCUT2D eigenvalue weighted by molar-refractivity contribution is -0.111. The highest BCUT2D eigenvalue weighted by Gasteiger charge is 2.07. The van der Waals surface area contributed by atoms with Gasteiger partial charge in [0.1, 0.15) is 0 Å². The maximum atomic E-state index is 11.9. The predicted octanol–water partition coefficient (Wildman–Crippen LogP) is 4.48. The number of thioether (sulfide) groups is 1. The molecule has 4 nitrogen and oxygen atoms in total. The minimum Gasteiger partial charge on any atom is -0.297 e. The van der Waals surface area contributed by atoms with Crippen molar-refractivity contribution in [3.8, 4) is 0 Å². The number of hydrogen-bond donors (Lipinski definition) is 1. The number of rotatable bonds is 6. The van der Waals surface area contributed by atoms with Gasteiger partial charge < -0.3 is 0 Å². The molecule has 3 rings (SSSR count). The molecule has 3 aromatic rings. The first-order valence-corrected chi connectivity index (χ1v) is 9.14. The molecule has 1 N–H and O–H groups in total. The van der Waals surface area contributed by atoms with Gasteiger partial charge in [0.2, 0.25) is 11.0 Å². The van der Waals surface area contributed by atoms with Crippen LogP contribution in [-0.4, -0.2) is 16.1 Å². The first kappa shape index (κ1) is 16.4. The van der Waals surface area contributed by atoms with Crippen molar-refractivity contribution >= 4 is 40.2 Å². The van der Waals surface area contributed by atoms with E-state index in [1.165, 1.54) is 23.0 Å². The molecule has 120 valence electrons. The summed E-state index contributed by atoms with van der Waals surface area (Å²) in [5.74, 6) is 0.617. The van der Waals surface area contributed by atoms with Gasteiger partial charge in [-0.15, -0.1) is 10.2 Å². The second-order valence-corrected chi connectivity index (χ2v) is 7.08. The van der Waals surface area contributed by atoms with Crippen LogP contribution in [0.5, 0.6) is 0 Å². The maximum Gasteiger partial charge on any atom is 0.250 e. The topological polar surface area (TPSA) is 54.9 Å². The minimum atomic E-state index is -0.213. The van der Waals surface area contributed by atoms with Gasteiger partial charge in [0.05, 0.1) is 0 Å². The van der Waals surface area contributed by atoms with E-state index >= 15 is 0 Å². The Bertz CT molecular complexity index is 817. The zero-order valence-electron chi connectivity index (χ0n) is 12.8. The number of aromatic nitrogens is 2. The zero-order chi connectivity index (χ0) is 16.6. The summed E-state index contributed by atoms with van der Waals surface area (Å²) in [6.07, 6.45) is 3.26. The van der Waals surface area contributed by atoms with Crippen LogP contribution in [0.4, 0.5) is 5.13 Å². The Morgan fingerprint density at radius 3 is 2.50 bits per heavy atom. The molecule has 1 aromatic heterocycles. The molecular weight excluding hydrogens is 338 g/mol. The Morgan fingerprint density at radius 2 is 1.75 bits per heavy atom. The Hall–Kier alpha value is -2.44. The second-order valence-electron chi connectivity index (χ2n) is 4.88. The van der Waals surface area contributed by atoms with Crippen LogP contribution < -0.4 is 5.32 Å². The van der Waals surface area contributed by atoms with Crippen LogP contribution in [0.1, 0.15) is 11.1 Å². The fraction of sp³-hybridized carbons (Fsp3) is 0.0556. The van der Waals surface area contributed by atoms with E-state index in [0.29, 0.717) is 5.13 Å². The van der Waals surface area contributed by atoms with Crippen molar-refractivity contribution in [2.75, 3.05) is 5.32 Å². The summed E-state index contributed by atoms with van der Waals surface area (Å²) in [6, 6.07) is 19.8. The van der Waals surface area contributed by atoms with E-state index in [0.717, 1.165) is 15.7 Å². The van der Waals surface area contributed by atoms with Gasteiger partial charge in [-0.05, 0) is 17.2 Å². The first-order valence-electron chi connectivity index (χ1n) is 7.34. The van der Waals surface area contributed by atoms with E-state index in [4.69, 9.17) is 0 Å². The van der Waals surface area contributed by atoms with E-state index in [1.54, 1.807) is 17.8 Å². The van der Waals surface area contributed by atoms with Crippen molar-refractivity contribution in [2.45, 2.75) is 10.1 Å². The number of hydrogen-bond acceptors (Lipinski definition) is 5. The highest BCUT2D eigenvalue weighted by atomic mass is 32.2. The van der Waals surface area contributed by atoms with Crippen molar-refractivity contribution in [1.82, 2.24) is 10.2 Å². The molecule has 0 radical (unpaired) electrons. The van der Waals surface area contributed by atoms with Gasteiger partial charge in [-0.25, -0.2) is 0 Å². The van der Waals surface area contributed by atoms with Crippen LogP contribution in [0.2, 0.25) is 0 Å². The van der Waals surface area contributed by atoms with Crippen LogP contribution in [0, 0.1) is 0 Å². The molecule has 0 aliphatic heterocycles. The Labute approximate surface area is 148 Å². The standard InChI is InChI=1S/C18H15N3OS2/c22-16(12-11-14-7-3-1-4-8-14)19-17-20-21-18(24-17)23-13-15-9-5-2-6-10-15/h1-12H,13H2,(H,19,20,22)/b12-11+. The summed E-state index contributed by atoms with van der Waals surface area (Å²) in [7, 11) is 0. The average Bonchev–Trinajstić information content (AvgIpc) is 3.07. The number of amides is 1. The summed E-state index contributed by atoms with van der Waals surface area (Å²) >= 11 is 2.98. The van der Waals surface area contributed by atoms with Crippen LogP contribution in [0.15, 0.2) is 71.1 Å². The van der Waals surface area contributed by atoms with Crippen LogP contribution in [-0.2, 0) is 10.5 Å². The Balaban J connectivity index is 1.52. The summed E-state index contributed by atoms with van der Waals surface area (Å²) in [5.41, 5.74) is 2.21. The van der Waals surface area contributed by atoms with Gasteiger partial charge in [0, 0.05) is 11.8 Å². The number of nitrogens with one attached hydrogen (secondary N) is 1. The van der Waals surface area contributed by atoms with Crippen molar-refractivity contribution in [2.24, 2.45) is 0 Å². The van der Waals surface area contributed by atoms with Gasteiger partial charge >= 0.3 is 0 Å². The molecule has 24 heavy (non-hydrogen) atoms. The number of anilines is 1. The third kappa shape index (κ3) is 5.04. The average molecular weight is 353 g/mol. The third-order valence-electron chi connectivity index (χ3n) is 3.07. The molecule has 1 amide bonds. The quantitative estimate of drug-likeness (QED) is 0.403. The lowest BCUT2D eigenvalue weighted by atomic mass is 10.2. The van der Waals surface area contributed by atoms with Crippen molar-refractivity contribution < 1.29 is 4.79 Å².